The summed E-state index contributed by atoms with van der Waals surface area (Å²) in [4.78, 5) is 4.19. The molecule has 0 aliphatic rings. The second kappa shape index (κ2) is 6.64. The molecule has 0 spiro atoms. The highest BCUT2D eigenvalue weighted by Gasteiger charge is 1.99. The number of nitrogens with one attached hydrogen (secondary N) is 1. The van der Waals surface area contributed by atoms with E-state index in [1.807, 2.05) is 36.4 Å². The van der Waals surface area contributed by atoms with Gasteiger partial charge in [-0.3, -0.25) is 0 Å². The van der Waals surface area contributed by atoms with Crippen molar-refractivity contribution in [3.05, 3.63) is 54.2 Å². The number of para-hydroxylation sites is 1. The van der Waals surface area contributed by atoms with Gasteiger partial charge < -0.3 is 10.1 Å². The number of pyridine rings is 1. The Labute approximate surface area is 108 Å². The number of hydrogen-bond donors (Lipinski definition) is 1. The molecule has 1 aromatic carbocycles. The van der Waals surface area contributed by atoms with E-state index in [1.165, 1.54) is 5.56 Å². The van der Waals surface area contributed by atoms with Crippen molar-refractivity contribution < 1.29 is 4.74 Å². The minimum atomic E-state index is 0.633. The summed E-state index contributed by atoms with van der Waals surface area (Å²) in [5, 5.41) is 3.22. The summed E-state index contributed by atoms with van der Waals surface area (Å²) in [6.07, 6.45) is 2.76. The molecule has 3 heteroatoms. The molecule has 0 fully saturated rings. The van der Waals surface area contributed by atoms with E-state index in [0.29, 0.717) is 6.61 Å². The van der Waals surface area contributed by atoms with E-state index in [1.54, 1.807) is 6.20 Å². The second-order valence-corrected chi connectivity index (χ2v) is 3.95. The van der Waals surface area contributed by atoms with Gasteiger partial charge in [-0.1, -0.05) is 31.2 Å². The highest BCUT2D eigenvalue weighted by molar-refractivity contribution is 5.34. The maximum atomic E-state index is 5.76. The maximum Gasteiger partial charge on any atom is 0.125 e. The van der Waals surface area contributed by atoms with Crippen molar-refractivity contribution in [3.8, 4) is 5.75 Å². The predicted molar refractivity (Wildman–Crippen MR) is 74.0 cm³/mol. The van der Waals surface area contributed by atoms with Crippen LogP contribution in [0.1, 0.15) is 12.5 Å². The molecule has 0 radical (unpaired) electrons. The van der Waals surface area contributed by atoms with E-state index in [4.69, 9.17) is 4.74 Å². The van der Waals surface area contributed by atoms with Crippen molar-refractivity contribution in [2.24, 2.45) is 0 Å². The molecule has 1 aromatic heterocycles. The lowest BCUT2D eigenvalue weighted by Gasteiger charge is -2.10. The zero-order valence-electron chi connectivity index (χ0n) is 10.6. The number of ether oxygens (including phenoxy) is 1. The normalized spacial score (nSPS) is 10.1. The topological polar surface area (TPSA) is 34.1 Å². The predicted octanol–water partition coefficient (Wildman–Crippen LogP) is 3.13. The molecule has 2 rings (SSSR count). The molecule has 2 aromatic rings. The van der Waals surface area contributed by atoms with E-state index < -0.39 is 0 Å². The summed E-state index contributed by atoms with van der Waals surface area (Å²) >= 11 is 0. The second-order valence-electron chi connectivity index (χ2n) is 3.95. The van der Waals surface area contributed by atoms with Crippen LogP contribution in [0.3, 0.4) is 0 Å². The minimum absolute atomic E-state index is 0.633. The number of aryl methyl sites for hydroxylation is 1. The largest absolute Gasteiger partial charge is 0.491 e. The molecule has 0 aliphatic carbocycles. The molecule has 0 saturated carbocycles. The van der Waals surface area contributed by atoms with Crippen molar-refractivity contribution in [3.63, 3.8) is 0 Å². The van der Waals surface area contributed by atoms with Gasteiger partial charge in [-0.15, -0.1) is 0 Å². The van der Waals surface area contributed by atoms with E-state index in [2.05, 4.69) is 23.3 Å². The van der Waals surface area contributed by atoms with E-state index in [9.17, 15) is 0 Å². The van der Waals surface area contributed by atoms with Gasteiger partial charge in [0, 0.05) is 6.20 Å². The van der Waals surface area contributed by atoms with Gasteiger partial charge in [-0.25, -0.2) is 4.98 Å². The van der Waals surface area contributed by atoms with Crippen molar-refractivity contribution in [1.82, 2.24) is 4.98 Å². The summed E-state index contributed by atoms with van der Waals surface area (Å²) in [6, 6.07) is 14.0. The molecule has 0 bridgehead atoms. The lowest BCUT2D eigenvalue weighted by Crippen LogP contribution is -2.12. The molecule has 18 heavy (non-hydrogen) atoms. The average Bonchev–Trinajstić information content (AvgIpc) is 2.45. The third-order valence-electron chi connectivity index (χ3n) is 2.68. The van der Waals surface area contributed by atoms with Gasteiger partial charge in [0.05, 0.1) is 6.54 Å². The molecular weight excluding hydrogens is 224 g/mol. The van der Waals surface area contributed by atoms with Crippen LogP contribution in [-0.2, 0) is 6.42 Å². The van der Waals surface area contributed by atoms with Crippen molar-refractivity contribution in [2.45, 2.75) is 13.3 Å². The number of anilines is 1. The first-order chi connectivity index (χ1) is 8.90. The van der Waals surface area contributed by atoms with Crippen LogP contribution in [0, 0.1) is 0 Å². The number of nitrogens with zero attached hydrogens (tertiary/aromatic N) is 1. The molecule has 0 amide bonds. The Morgan fingerprint density at radius 3 is 2.72 bits per heavy atom. The van der Waals surface area contributed by atoms with E-state index in [-0.39, 0.29) is 0 Å². The third-order valence-corrected chi connectivity index (χ3v) is 2.68. The molecular formula is C15H18N2O. The van der Waals surface area contributed by atoms with Gasteiger partial charge in [0.15, 0.2) is 0 Å². The summed E-state index contributed by atoms with van der Waals surface area (Å²) in [5.74, 6) is 1.85. The Kier molecular flexibility index (Phi) is 4.59. The quantitative estimate of drug-likeness (QED) is 0.790. The Bertz CT molecular complexity index is 471. The smallest absolute Gasteiger partial charge is 0.125 e. The fourth-order valence-electron chi connectivity index (χ4n) is 1.74. The SMILES string of the molecule is CCc1ccccc1OCCNc1ccccn1. The number of hydrogen-bond acceptors (Lipinski definition) is 3. The standard InChI is InChI=1S/C15H18N2O/c1-2-13-7-3-4-8-14(13)18-12-11-17-15-9-5-6-10-16-15/h3-10H,2,11-12H2,1H3,(H,16,17). The van der Waals surface area contributed by atoms with Gasteiger partial charge in [0.2, 0.25) is 0 Å². The fraction of sp³-hybridized carbons (Fsp3) is 0.267. The molecule has 0 aliphatic heterocycles. The van der Waals surface area contributed by atoms with Crippen molar-refractivity contribution in [1.29, 1.82) is 0 Å². The van der Waals surface area contributed by atoms with Crippen LogP contribution in [0.5, 0.6) is 5.75 Å². The molecule has 3 nitrogen and oxygen atoms in total. The summed E-state index contributed by atoms with van der Waals surface area (Å²) in [7, 11) is 0. The maximum absolute atomic E-state index is 5.76. The molecule has 0 saturated heterocycles. The highest BCUT2D eigenvalue weighted by atomic mass is 16.5. The first kappa shape index (κ1) is 12.4. The Balaban J connectivity index is 1.78. The summed E-state index contributed by atoms with van der Waals surface area (Å²) in [6.45, 7) is 3.51. The van der Waals surface area contributed by atoms with Crippen LogP contribution in [0.4, 0.5) is 5.82 Å². The lowest BCUT2D eigenvalue weighted by molar-refractivity contribution is 0.329. The van der Waals surface area contributed by atoms with Crippen LogP contribution in [-0.4, -0.2) is 18.1 Å². The van der Waals surface area contributed by atoms with Crippen molar-refractivity contribution >= 4 is 5.82 Å². The highest BCUT2D eigenvalue weighted by Crippen LogP contribution is 2.17. The van der Waals surface area contributed by atoms with Gasteiger partial charge in [-0.05, 0) is 30.2 Å². The van der Waals surface area contributed by atoms with E-state index >= 15 is 0 Å². The Morgan fingerprint density at radius 1 is 1.11 bits per heavy atom. The molecule has 1 N–H and O–H groups in total. The lowest BCUT2D eigenvalue weighted by atomic mass is 10.1. The van der Waals surface area contributed by atoms with Crippen LogP contribution < -0.4 is 10.1 Å². The van der Waals surface area contributed by atoms with Crippen LogP contribution in [0.15, 0.2) is 48.7 Å². The first-order valence-electron chi connectivity index (χ1n) is 6.25. The van der Waals surface area contributed by atoms with Gasteiger partial charge >= 0.3 is 0 Å². The number of aromatic nitrogens is 1. The molecule has 94 valence electrons. The minimum Gasteiger partial charge on any atom is -0.491 e. The Hall–Kier alpha value is -2.03. The number of benzene rings is 1. The van der Waals surface area contributed by atoms with Crippen LogP contribution in [0.25, 0.3) is 0 Å². The molecule has 1 heterocycles. The van der Waals surface area contributed by atoms with Crippen LogP contribution in [0.2, 0.25) is 0 Å². The van der Waals surface area contributed by atoms with Gasteiger partial charge in [-0.2, -0.15) is 0 Å². The summed E-state index contributed by atoms with van der Waals surface area (Å²) < 4.78 is 5.76. The zero-order chi connectivity index (χ0) is 12.6. The van der Waals surface area contributed by atoms with Crippen LogP contribution >= 0.6 is 0 Å². The van der Waals surface area contributed by atoms with Crippen molar-refractivity contribution in [2.75, 3.05) is 18.5 Å². The Morgan fingerprint density at radius 2 is 1.94 bits per heavy atom. The first-order valence-corrected chi connectivity index (χ1v) is 6.25. The van der Waals surface area contributed by atoms with E-state index in [0.717, 1.165) is 24.5 Å². The third kappa shape index (κ3) is 3.48. The average molecular weight is 242 g/mol. The fourth-order valence-corrected chi connectivity index (χ4v) is 1.74. The van der Waals surface area contributed by atoms with Gasteiger partial charge in [0.25, 0.3) is 0 Å². The molecule has 0 atom stereocenters. The summed E-state index contributed by atoms with van der Waals surface area (Å²) in [5.41, 5.74) is 1.25. The van der Waals surface area contributed by atoms with Gasteiger partial charge in [0.1, 0.15) is 18.2 Å². The number of rotatable bonds is 6. The molecule has 0 unspecified atom stereocenters. The zero-order valence-corrected chi connectivity index (χ0v) is 10.6. The monoisotopic (exact) mass is 242 g/mol.